The maximum Gasteiger partial charge on any atom is 0.287 e. The highest BCUT2D eigenvalue weighted by atomic mass is 16.3. The van der Waals surface area contributed by atoms with Crippen molar-refractivity contribution in [3.05, 3.63) is 96.7 Å². The Morgan fingerprint density at radius 2 is 1.70 bits per heavy atom. The van der Waals surface area contributed by atoms with E-state index >= 15 is 0 Å². The van der Waals surface area contributed by atoms with Crippen LogP contribution in [0.4, 0.5) is 5.69 Å². The third-order valence-corrected chi connectivity index (χ3v) is 6.67. The van der Waals surface area contributed by atoms with Crippen molar-refractivity contribution in [2.24, 2.45) is 0 Å². The smallest absolute Gasteiger partial charge is 0.287 e. The second-order valence-corrected chi connectivity index (χ2v) is 9.10. The number of benzene rings is 2. The van der Waals surface area contributed by atoms with Crippen LogP contribution in [0.15, 0.2) is 89.8 Å². The van der Waals surface area contributed by atoms with E-state index in [4.69, 9.17) is 4.42 Å². The van der Waals surface area contributed by atoms with E-state index in [1.807, 2.05) is 42.5 Å². The van der Waals surface area contributed by atoms with Crippen LogP contribution in [-0.4, -0.2) is 35.3 Å². The lowest BCUT2D eigenvalue weighted by molar-refractivity contribution is -0.126. The molecule has 0 radical (unpaired) electrons. The maximum atomic E-state index is 13.9. The van der Waals surface area contributed by atoms with Gasteiger partial charge in [0.2, 0.25) is 11.8 Å². The maximum absolute atomic E-state index is 13.9. The summed E-state index contributed by atoms with van der Waals surface area (Å²) in [4.78, 5) is 45.9. The van der Waals surface area contributed by atoms with Crippen molar-refractivity contribution in [1.29, 1.82) is 0 Å². The average Bonchev–Trinajstić information content (AvgIpc) is 3.65. The van der Waals surface area contributed by atoms with Crippen LogP contribution < -0.4 is 15.5 Å². The van der Waals surface area contributed by atoms with Crippen LogP contribution in [0, 0.1) is 0 Å². The summed E-state index contributed by atoms with van der Waals surface area (Å²) in [6.45, 7) is -0.318. The van der Waals surface area contributed by atoms with Gasteiger partial charge in [-0.2, -0.15) is 0 Å². The number of pyridine rings is 1. The first-order valence-corrected chi connectivity index (χ1v) is 12.4. The molecule has 1 atom stereocenters. The summed E-state index contributed by atoms with van der Waals surface area (Å²) < 4.78 is 5.15. The second kappa shape index (κ2) is 11.1. The van der Waals surface area contributed by atoms with Gasteiger partial charge in [0.15, 0.2) is 5.76 Å². The van der Waals surface area contributed by atoms with E-state index in [-0.39, 0.29) is 24.3 Å². The van der Waals surface area contributed by atoms with Crippen LogP contribution in [0.5, 0.6) is 0 Å². The Morgan fingerprint density at radius 3 is 2.46 bits per heavy atom. The van der Waals surface area contributed by atoms with E-state index in [0.29, 0.717) is 11.3 Å². The van der Waals surface area contributed by atoms with Gasteiger partial charge >= 0.3 is 0 Å². The van der Waals surface area contributed by atoms with E-state index in [1.165, 1.54) is 17.2 Å². The van der Waals surface area contributed by atoms with E-state index in [0.717, 1.165) is 36.5 Å². The Balaban J connectivity index is 1.55. The van der Waals surface area contributed by atoms with Crippen molar-refractivity contribution >= 4 is 34.2 Å². The highest BCUT2D eigenvalue weighted by molar-refractivity contribution is 6.09. The van der Waals surface area contributed by atoms with Gasteiger partial charge in [-0.05, 0) is 54.1 Å². The van der Waals surface area contributed by atoms with E-state index in [2.05, 4.69) is 15.6 Å². The Bertz CT molecular complexity index is 1380. The molecule has 0 bridgehead atoms. The van der Waals surface area contributed by atoms with Crippen LogP contribution in [0.2, 0.25) is 0 Å². The molecule has 1 saturated carbocycles. The molecule has 8 heteroatoms. The molecule has 0 aliphatic heterocycles. The molecule has 1 fully saturated rings. The lowest BCUT2D eigenvalue weighted by atomic mass is 10.0. The van der Waals surface area contributed by atoms with E-state index in [9.17, 15) is 14.4 Å². The summed E-state index contributed by atoms with van der Waals surface area (Å²) in [7, 11) is 0. The van der Waals surface area contributed by atoms with Crippen molar-refractivity contribution in [2.45, 2.75) is 37.8 Å². The molecular weight excluding hydrogens is 468 g/mol. The molecule has 2 heterocycles. The predicted molar refractivity (Wildman–Crippen MR) is 140 cm³/mol. The van der Waals surface area contributed by atoms with Crippen LogP contribution in [0.1, 0.15) is 47.8 Å². The molecule has 8 nitrogen and oxygen atoms in total. The second-order valence-electron chi connectivity index (χ2n) is 9.10. The number of amides is 3. The first-order chi connectivity index (χ1) is 18.1. The van der Waals surface area contributed by atoms with Crippen LogP contribution in [-0.2, 0) is 9.59 Å². The van der Waals surface area contributed by atoms with Crippen LogP contribution in [0.25, 0.3) is 10.8 Å². The number of carbonyl (C=O) groups excluding carboxylic acids is 3. The molecule has 188 valence electrons. The summed E-state index contributed by atoms with van der Waals surface area (Å²) in [5.74, 6) is -1.10. The zero-order valence-electron chi connectivity index (χ0n) is 20.3. The van der Waals surface area contributed by atoms with Crippen molar-refractivity contribution in [2.75, 3.05) is 11.4 Å². The molecule has 0 spiro atoms. The summed E-state index contributed by atoms with van der Waals surface area (Å²) >= 11 is 0. The zero-order valence-corrected chi connectivity index (χ0v) is 20.3. The van der Waals surface area contributed by atoms with Gasteiger partial charge < -0.3 is 15.1 Å². The van der Waals surface area contributed by atoms with Crippen LogP contribution >= 0.6 is 0 Å². The minimum atomic E-state index is -0.956. The van der Waals surface area contributed by atoms with Gasteiger partial charge in [-0.1, -0.05) is 49.2 Å². The Hall–Kier alpha value is -4.46. The summed E-state index contributed by atoms with van der Waals surface area (Å²) in [5.41, 5.74) is 1.21. The Kier molecular flexibility index (Phi) is 7.26. The molecule has 37 heavy (non-hydrogen) atoms. The summed E-state index contributed by atoms with van der Waals surface area (Å²) in [6, 6.07) is 19.1. The Morgan fingerprint density at radius 1 is 0.946 bits per heavy atom. The molecule has 1 aliphatic rings. The van der Waals surface area contributed by atoms with Crippen molar-refractivity contribution < 1.29 is 18.8 Å². The first kappa shape index (κ1) is 24.2. The lowest BCUT2D eigenvalue weighted by Gasteiger charge is -2.33. The monoisotopic (exact) mass is 496 g/mol. The molecule has 2 aromatic carbocycles. The normalized spacial score (nSPS) is 14.3. The topological polar surface area (TPSA) is 105 Å². The number of hydrogen-bond donors (Lipinski definition) is 2. The minimum absolute atomic E-state index is 0.0694. The lowest BCUT2D eigenvalue weighted by Crippen LogP contribution is -2.49. The molecule has 5 rings (SSSR count). The van der Waals surface area contributed by atoms with Gasteiger partial charge in [0.25, 0.3) is 5.91 Å². The highest BCUT2D eigenvalue weighted by Crippen LogP contribution is 2.34. The fourth-order valence-electron chi connectivity index (χ4n) is 4.89. The number of hydrogen-bond acceptors (Lipinski definition) is 5. The fraction of sp³-hybridized carbons (Fsp3) is 0.241. The van der Waals surface area contributed by atoms with Crippen molar-refractivity contribution in [1.82, 2.24) is 15.6 Å². The number of nitrogens with zero attached hydrogens (tertiary/aromatic N) is 2. The molecule has 4 aromatic rings. The van der Waals surface area contributed by atoms with Crippen molar-refractivity contribution in [3.8, 4) is 0 Å². The number of aromatic nitrogens is 1. The van der Waals surface area contributed by atoms with Crippen LogP contribution in [0.3, 0.4) is 0 Å². The van der Waals surface area contributed by atoms with Crippen molar-refractivity contribution in [3.63, 3.8) is 0 Å². The molecule has 1 aliphatic carbocycles. The SMILES string of the molecule is O=C(NCC(=O)N(c1cccc2ccccc12)[C@H](C(=O)NC1CCCC1)c1ccncc1)c1ccco1. The number of carbonyl (C=O) groups is 3. The number of furan rings is 1. The van der Waals surface area contributed by atoms with E-state index in [1.54, 1.807) is 30.6 Å². The van der Waals surface area contributed by atoms with Gasteiger partial charge in [-0.15, -0.1) is 0 Å². The highest BCUT2D eigenvalue weighted by Gasteiger charge is 2.35. The molecule has 2 aromatic heterocycles. The minimum Gasteiger partial charge on any atom is -0.459 e. The third kappa shape index (κ3) is 5.38. The number of fused-ring (bicyclic) bond motifs is 1. The van der Waals surface area contributed by atoms with E-state index < -0.39 is 17.9 Å². The van der Waals surface area contributed by atoms with Gasteiger partial charge in [0, 0.05) is 23.8 Å². The number of anilines is 1. The first-order valence-electron chi connectivity index (χ1n) is 12.4. The fourth-order valence-corrected chi connectivity index (χ4v) is 4.89. The van der Waals surface area contributed by atoms with Gasteiger partial charge in [0.05, 0.1) is 18.5 Å². The van der Waals surface area contributed by atoms with Gasteiger partial charge in [0.1, 0.15) is 6.04 Å². The third-order valence-electron chi connectivity index (χ3n) is 6.67. The predicted octanol–water partition coefficient (Wildman–Crippen LogP) is 4.39. The molecule has 3 amide bonds. The number of nitrogens with one attached hydrogen (secondary N) is 2. The summed E-state index contributed by atoms with van der Waals surface area (Å²) in [6.07, 6.45) is 8.56. The zero-order chi connectivity index (χ0) is 25.6. The molecular formula is C29H28N4O4. The molecule has 0 unspecified atom stereocenters. The number of rotatable bonds is 8. The molecule has 2 N–H and O–H groups in total. The molecule has 0 saturated heterocycles. The quantitative estimate of drug-likeness (QED) is 0.377. The Labute approximate surface area is 214 Å². The largest absolute Gasteiger partial charge is 0.459 e. The van der Waals surface area contributed by atoms with Gasteiger partial charge in [-0.25, -0.2) is 0 Å². The average molecular weight is 497 g/mol. The van der Waals surface area contributed by atoms with Gasteiger partial charge in [-0.3, -0.25) is 24.3 Å². The summed E-state index contributed by atoms with van der Waals surface area (Å²) in [5, 5.41) is 7.55. The standard InChI is InChI=1S/C29H28N4O4/c34-26(19-31-28(35)25-13-6-18-37-25)33(24-12-5-8-20-7-1-4-11-23(20)24)27(21-14-16-30-17-15-21)29(36)32-22-9-2-3-10-22/h1,4-8,11-18,22,27H,2-3,9-10,19H2,(H,31,35)(H,32,36)/t27-/m0/s1.